The van der Waals surface area contributed by atoms with E-state index in [0.717, 1.165) is 31.1 Å². The van der Waals surface area contributed by atoms with E-state index >= 15 is 0 Å². The fraction of sp³-hybridized carbons (Fsp3) is 0.0526. The number of hydrogen-bond acceptors (Lipinski definition) is 4. The van der Waals surface area contributed by atoms with Gasteiger partial charge in [-0.1, -0.05) is 158 Å². The SMILES string of the molecule is C[Si]1(c2ccccc2)O[Si]2(O[Si](C)(c3ccccc3)O[Si]3(O1)c1ccccc1-c1ccccc13)c1ccccc1-c1ccccc12. The minimum atomic E-state index is -3.43. The summed E-state index contributed by atoms with van der Waals surface area (Å²) < 4.78 is 31.7. The van der Waals surface area contributed by atoms with Gasteiger partial charge in [0.25, 0.3) is 0 Å². The highest BCUT2D eigenvalue weighted by Gasteiger charge is 2.67. The Morgan fingerprint density at radius 2 is 0.543 bits per heavy atom. The van der Waals surface area contributed by atoms with E-state index in [4.69, 9.17) is 16.5 Å². The molecule has 6 aromatic rings. The quantitative estimate of drug-likeness (QED) is 0.256. The second-order valence-corrected chi connectivity index (χ2v) is 25.3. The van der Waals surface area contributed by atoms with Crippen LogP contribution in [0.4, 0.5) is 0 Å². The summed E-state index contributed by atoms with van der Waals surface area (Å²) in [5.41, 5.74) is 4.68. The van der Waals surface area contributed by atoms with Crippen LogP contribution >= 0.6 is 0 Å². The third-order valence-corrected chi connectivity index (χ3v) is 27.8. The third-order valence-electron chi connectivity index (χ3n) is 9.66. The normalized spacial score (nSPS) is 23.2. The van der Waals surface area contributed by atoms with Crippen LogP contribution < -0.4 is 31.1 Å². The first-order chi connectivity index (χ1) is 22.5. The van der Waals surface area contributed by atoms with Crippen LogP contribution in [0.1, 0.15) is 0 Å². The van der Waals surface area contributed by atoms with E-state index in [1.807, 2.05) is 0 Å². The lowest BCUT2D eigenvalue weighted by Gasteiger charge is -2.50. The molecule has 2 spiro atoms. The largest absolute Gasteiger partial charge is 0.405 e. The highest BCUT2D eigenvalue weighted by Crippen LogP contribution is 2.40. The third kappa shape index (κ3) is 3.96. The van der Waals surface area contributed by atoms with Crippen LogP contribution in [0.25, 0.3) is 22.3 Å². The molecule has 0 saturated carbocycles. The van der Waals surface area contributed by atoms with Gasteiger partial charge in [-0.25, -0.2) is 0 Å². The van der Waals surface area contributed by atoms with Gasteiger partial charge in [0.1, 0.15) is 0 Å². The molecule has 224 valence electrons. The lowest BCUT2D eigenvalue weighted by molar-refractivity contribution is 0.262. The molecule has 0 amide bonds. The van der Waals surface area contributed by atoms with Crippen LogP contribution in [0.15, 0.2) is 158 Å². The zero-order valence-electron chi connectivity index (χ0n) is 25.6. The Balaban J connectivity index is 1.38. The van der Waals surface area contributed by atoms with Crippen LogP contribution in [-0.4, -0.2) is 34.2 Å². The van der Waals surface area contributed by atoms with E-state index in [2.05, 4.69) is 171 Å². The van der Waals surface area contributed by atoms with Crippen LogP contribution in [0.5, 0.6) is 0 Å². The molecule has 0 atom stereocenters. The van der Waals surface area contributed by atoms with Gasteiger partial charge in [0.15, 0.2) is 0 Å². The fourth-order valence-electron chi connectivity index (χ4n) is 7.65. The van der Waals surface area contributed by atoms with E-state index < -0.39 is 34.2 Å². The molecule has 3 heterocycles. The van der Waals surface area contributed by atoms with Gasteiger partial charge >= 0.3 is 34.2 Å². The number of fused-ring (bicyclic) bond motifs is 10. The lowest BCUT2D eigenvalue weighted by Crippen LogP contribution is -2.82. The van der Waals surface area contributed by atoms with Gasteiger partial charge in [-0.05, 0) is 45.7 Å². The monoisotopic (exact) mass is 664 g/mol. The van der Waals surface area contributed by atoms with E-state index in [9.17, 15) is 0 Å². The van der Waals surface area contributed by atoms with Crippen molar-refractivity contribution in [3.8, 4) is 22.3 Å². The summed E-state index contributed by atoms with van der Waals surface area (Å²) in [4.78, 5) is 0. The summed E-state index contributed by atoms with van der Waals surface area (Å²) >= 11 is 0. The topological polar surface area (TPSA) is 36.9 Å². The highest BCUT2D eigenvalue weighted by atomic mass is 28.5. The summed E-state index contributed by atoms with van der Waals surface area (Å²) in [6.45, 7) is 4.41. The molecule has 0 radical (unpaired) electrons. The van der Waals surface area contributed by atoms with Crippen LogP contribution in [-0.2, 0) is 16.5 Å². The molecule has 3 aliphatic rings. The molecular formula is C38H32O4Si4. The van der Waals surface area contributed by atoms with Gasteiger partial charge in [-0.3, -0.25) is 0 Å². The second-order valence-electron chi connectivity index (χ2n) is 12.4. The van der Waals surface area contributed by atoms with Crippen LogP contribution in [0, 0.1) is 0 Å². The Labute approximate surface area is 273 Å². The van der Waals surface area contributed by atoms with E-state index in [1.165, 1.54) is 22.3 Å². The van der Waals surface area contributed by atoms with Gasteiger partial charge < -0.3 is 16.5 Å². The molecule has 0 unspecified atom stereocenters. The Morgan fingerprint density at radius 1 is 0.304 bits per heavy atom. The molecule has 0 bridgehead atoms. The average Bonchev–Trinajstić information content (AvgIpc) is 3.52. The van der Waals surface area contributed by atoms with Gasteiger partial charge in [-0.15, -0.1) is 0 Å². The van der Waals surface area contributed by atoms with Crippen LogP contribution in [0.3, 0.4) is 0 Å². The Hall–Kier alpha value is -3.97. The molecule has 1 fully saturated rings. The summed E-state index contributed by atoms with van der Waals surface area (Å²) in [5.74, 6) is 0. The van der Waals surface area contributed by atoms with E-state index in [0.29, 0.717) is 0 Å². The Bertz CT molecular complexity index is 1860. The van der Waals surface area contributed by atoms with Crippen molar-refractivity contribution in [3.05, 3.63) is 158 Å². The van der Waals surface area contributed by atoms with Crippen molar-refractivity contribution >= 4 is 65.4 Å². The van der Waals surface area contributed by atoms with Crippen molar-refractivity contribution < 1.29 is 16.5 Å². The zero-order valence-corrected chi connectivity index (χ0v) is 29.6. The minimum absolute atomic E-state index is 1.06. The van der Waals surface area contributed by atoms with Gasteiger partial charge in [0.05, 0.1) is 0 Å². The summed E-state index contributed by atoms with van der Waals surface area (Å²) in [6, 6.07) is 55.5. The minimum Gasteiger partial charge on any atom is -0.405 e. The maximum Gasteiger partial charge on any atom is 0.391 e. The van der Waals surface area contributed by atoms with E-state index in [-0.39, 0.29) is 0 Å². The molecule has 0 aliphatic carbocycles. The molecule has 4 nitrogen and oxygen atoms in total. The lowest BCUT2D eigenvalue weighted by atomic mass is 10.1. The fourth-order valence-corrected chi connectivity index (χ4v) is 29.7. The molecule has 0 aromatic heterocycles. The summed E-state index contributed by atoms with van der Waals surface area (Å²) in [7, 11) is -13.5. The first kappa shape index (κ1) is 28.3. The standard InChI is InChI=1S/C38H32O4Si4/c1-43(29-17-5-3-6-18-29)39-45(35-25-13-9-21-31(35)32-22-10-14-26-36(32)45)41-44(2,30-19-7-4-8-20-30)42-46(40-43)37-27-15-11-23-33(37)34-24-12-16-28-38(34)46/h3-28H,1-2H3. The van der Waals surface area contributed by atoms with Crippen LogP contribution in [0.2, 0.25) is 13.1 Å². The molecule has 6 aromatic carbocycles. The molecule has 3 aliphatic heterocycles. The Kier molecular flexibility index (Phi) is 6.31. The number of hydrogen-bond donors (Lipinski definition) is 0. The average molecular weight is 665 g/mol. The van der Waals surface area contributed by atoms with E-state index in [1.54, 1.807) is 0 Å². The first-order valence-electron chi connectivity index (χ1n) is 15.8. The molecule has 9 rings (SSSR count). The molecule has 46 heavy (non-hydrogen) atoms. The van der Waals surface area contributed by atoms with Crippen molar-refractivity contribution in [1.82, 2.24) is 0 Å². The van der Waals surface area contributed by atoms with Crippen molar-refractivity contribution in [1.29, 1.82) is 0 Å². The maximum atomic E-state index is 7.92. The molecule has 8 heteroatoms. The van der Waals surface area contributed by atoms with Gasteiger partial charge in [0, 0.05) is 20.7 Å². The second kappa shape index (κ2) is 10.3. The first-order valence-corrected chi connectivity index (χ1v) is 24.0. The van der Waals surface area contributed by atoms with Crippen molar-refractivity contribution in [3.63, 3.8) is 0 Å². The predicted octanol–water partition coefficient (Wildman–Crippen LogP) is 4.50. The zero-order chi connectivity index (χ0) is 31.0. The molecule has 1 saturated heterocycles. The number of rotatable bonds is 2. The highest BCUT2D eigenvalue weighted by molar-refractivity contribution is 7.13. The smallest absolute Gasteiger partial charge is 0.391 e. The molecular weight excluding hydrogens is 633 g/mol. The summed E-state index contributed by atoms with van der Waals surface area (Å²) in [6.07, 6.45) is 0. The van der Waals surface area contributed by atoms with Gasteiger partial charge in [-0.2, -0.15) is 0 Å². The van der Waals surface area contributed by atoms with Gasteiger partial charge in [0.2, 0.25) is 0 Å². The predicted molar refractivity (Wildman–Crippen MR) is 194 cm³/mol. The van der Waals surface area contributed by atoms with Crippen molar-refractivity contribution in [2.75, 3.05) is 0 Å². The summed E-state index contributed by atoms with van der Waals surface area (Å²) in [5, 5.41) is 6.62. The van der Waals surface area contributed by atoms with Crippen molar-refractivity contribution in [2.45, 2.75) is 13.1 Å². The van der Waals surface area contributed by atoms with Crippen molar-refractivity contribution in [2.24, 2.45) is 0 Å². The molecule has 0 N–H and O–H groups in total. The number of benzene rings is 6. The Morgan fingerprint density at radius 3 is 0.826 bits per heavy atom. The maximum absolute atomic E-state index is 7.92.